The zero-order valence-corrected chi connectivity index (χ0v) is 12.8. The average molecular weight is 304 g/mol. The number of nitriles is 1. The molecule has 2 N–H and O–H groups in total. The predicted octanol–water partition coefficient (Wildman–Crippen LogP) is 3.92. The molecule has 0 aliphatic heterocycles. The highest BCUT2D eigenvalue weighted by molar-refractivity contribution is 7.10. The lowest BCUT2D eigenvalue weighted by Gasteiger charge is -2.24. The van der Waals surface area contributed by atoms with Crippen molar-refractivity contribution in [1.82, 2.24) is 0 Å². The largest absolute Gasteiger partial charge is 0.483 e. The van der Waals surface area contributed by atoms with Gasteiger partial charge in [-0.1, -0.05) is 6.92 Å². The summed E-state index contributed by atoms with van der Waals surface area (Å²) in [5.74, 6) is -0.199. The molecule has 3 nitrogen and oxygen atoms in total. The maximum atomic E-state index is 13.7. The monoisotopic (exact) mass is 304 g/mol. The third-order valence-corrected chi connectivity index (χ3v) is 4.42. The van der Waals surface area contributed by atoms with Crippen molar-refractivity contribution < 1.29 is 9.13 Å². The normalized spacial score (nSPS) is 13.5. The van der Waals surface area contributed by atoms with Crippen molar-refractivity contribution in [3.05, 3.63) is 51.5 Å². The van der Waals surface area contributed by atoms with Crippen LogP contribution in [-0.2, 0) is 0 Å². The highest BCUT2D eigenvalue weighted by Crippen LogP contribution is 2.32. The van der Waals surface area contributed by atoms with Gasteiger partial charge in [-0.2, -0.15) is 5.26 Å². The molecule has 1 heterocycles. The number of halogens is 1. The van der Waals surface area contributed by atoms with Crippen LogP contribution in [0.2, 0.25) is 0 Å². The highest BCUT2D eigenvalue weighted by Gasteiger charge is 2.23. The highest BCUT2D eigenvalue weighted by atomic mass is 32.1. The fourth-order valence-electron chi connectivity index (χ4n) is 2.03. The number of ether oxygens (including phenoxy) is 1. The summed E-state index contributed by atoms with van der Waals surface area (Å²) in [4.78, 5) is 1.05. The molecule has 0 aliphatic rings. The third kappa shape index (κ3) is 3.41. The topological polar surface area (TPSA) is 59.0 Å². The number of hydrogen-bond acceptors (Lipinski definition) is 4. The van der Waals surface area contributed by atoms with Crippen molar-refractivity contribution >= 4 is 11.3 Å². The van der Waals surface area contributed by atoms with Crippen LogP contribution in [0.3, 0.4) is 0 Å². The van der Waals surface area contributed by atoms with Crippen LogP contribution in [0, 0.1) is 24.1 Å². The number of thiophene rings is 1. The van der Waals surface area contributed by atoms with E-state index in [0.29, 0.717) is 5.75 Å². The van der Waals surface area contributed by atoms with Gasteiger partial charge in [-0.15, -0.1) is 11.3 Å². The Bertz CT molecular complexity index is 663. The van der Waals surface area contributed by atoms with Crippen molar-refractivity contribution in [2.24, 2.45) is 5.73 Å². The Morgan fingerprint density at radius 1 is 1.43 bits per heavy atom. The molecule has 0 radical (unpaired) electrons. The molecule has 0 amide bonds. The van der Waals surface area contributed by atoms with E-state index < -0.39 is 5.82 Å². The lowest BCUT2D eigenvalue weighted by Crippen LogP contribution is -2.31. The molecule has 5 heteroatoms. The van der Waals surface area contributed by atoms with Gasteiger partial charge in [0.05, 0.1) is 5.56 Å². The third-order valence-electron chi connectivity index (χ3n) is 3.34. The van der Waals surface area contributed by atoms with E-state index in [4.69, 9.17) is 15.7 Å². The Morgan fingerprint density at radius 3 is 2.71 bits per heavy atom. The van der Waals surface area contributed by atoms with E-state index in [9.17, 15) is 4.39 Å². The fourth-order valence-corrected chi connectivity index (χ4v) is 3.06. The Balaban J connectivity index is 2.30. The average Bonchev–Trinajstić information content (AvgIpc) is 2.90. The summed E-state index contributed by atoms with van der Waals surface area (Å²) >= 11 is 1.58. The number of rotatable bonds is 5. The summed E-state index contributed by atoms with van der Waals surface area (Å²) < 4.78 is 19.6. The standard InChI is InChI=1S/C16H17FN2OS/c1-3-14(19)15(16-10(2)6-7-21-16)20-12-5-4-11(9-18)13(17)8-12/h4-8,14-15H,3,19H2,1-2H3. The quantitative estimate of drug-likeness (QED) is 0.910. The summed E-state index contributed by atoms with van der Waals surface area (Å²) in [6.45, 7) is 3.99. The van der Waals surface area contributed by atoms with Gasteiger partial charge >= 0.3 is 0 Å². The number of hydrogen-bond donors (Lipinski definition) is 1. The molecule has 0 saturated carbocycles. The minimum Gasteiger partial charge on any atom is -0.483 e. The van der Waals surface area contributed by atoms with Crippen LogP contribution in [0.1, 0.15) is 35.5 Å². The molecule has 1 aromatic heterocycles. The van der Waals surface area contributed by atoms with Gasteiger partial charge < -0.3 is 10.5 Å². The lowest BCUT2D eigenvalue weighted by atomic mass is 10.1. The van der Waals surface area contributed by atoms with Crippen LogP contribution in [0.25, 0.3) is 0 Å². The molecule has 0 fully saturated rings. The molecule has 2 atom stereocenters. The molecule has 21 heavy (non-hydrogen) atoms. The minimum atomic E-state index is -0.582. The summed E-state index contributed by atoms with van der Waals surface area (Å²) in [7, 11) is 0. The summed E-state index contributed by atoms with van der Waals surface area (Å²) in [6.07, 6.45) is 0.433. The molecule has 0 aliphatic carbocycles. The van der Waals surface area contributed by atoms with Gasteiger partial charge in [0.2, 0.25) is 0 Å². The number of nitrogens with zero attached hydrogens (tertiary/aromatic N) is 1. The van der Waals surface area contributed by atoms with E-state index in [0.717, 1.165) is 16.9 Å². The van der Waals surface area contributed by atoms with E-state index in [1.54, 1.807) is 23.5 Å². The first kappa shape index (κ1) is 15.5. The number of aryl methyl sites for hydroxylation is 1. The van der Waals surface area contributed by atoms with Crippen LogP contribution >= 0.6 is 11.3 Å². The predicted molar refractivity (Wildman–Crippen MR) is 81.8 cm³/mol. The van der Waals surface area contributed by atoms with Gasteiger partial charge in [-0.3, -0.25) is 0 Å². The van der Waals surface area contributed by atoms with E-state index in [1.807, 2.05) is 25.3 Å². The fraction of sp³-hybridized carbons (Fsp3) is 0.312. The second-order valence-electron chi connectivity index (χ2n) is 4.83. The molecule has 2 rings (SSSR count). The first-order chi connectivity index (χ1) is 10.1. The van der Waals surface area contributed by atoms with Gasteiger partial charge in [-0.25, -0.2) is 4.39 Å². The molecular weight excluding hydrogens is 287 g/mol. The van der Waals surface area contributed by atoms with E-state index in [-0.39, 0.29) is 17.7 Å². The number of benzene rings is 1. The summed E-state index contributed by atoms with van der Waals surface area (Å²) in [6, 6.07) is 7.87. The first-order valence-electron chi connectivity index (χ1n) is 6.72. The molecule has 0 saturated heterocycles. The van der Waals surface area contributed by atoms with Crippen molar-refractivity contribution in [3.8, 4) is 11.8 Å². The minimum absolute atomic E-state index is 0.00555. The Hall–Kier alpha value is -1.90. The number of nitrogens with two attached hydrogens (primary N) is 1. The van der Waals surface area contributed by atoms with Crippen LogP contribution in [-0.4, -0.2) is 6.04 Å². The molecule has 0 spiro atoms. The van der Waals surface area contributed by atoms with Gasteiger partial charge in [0.25, 0.3) is 0 Å². The van der Waals surface area contributed by atoms with Crippen LogP contribution in [0.4, 0.5) is 4.39 Å². The Kier molecular flexibility index (Phi) is 4.94. The van der Waals surface area contributed by atoms with Crippen molar-refractivity contribution in [3.63, 3.8) is 0 Å². The molecular formula is C16H17FN2OS. The Morgan fingerprint density at radius 2 is 2.19 bits per heavy atom. The van der Waals surface area contributed by atoms with Crippen LogP contribution in [0.5, 0.6) is 5.75 Å². The molecule has 110 valence electrons. The molecule has 2 unspecified atom stereocenters. The van der Waals surface area contributed by atoms with Crippen molar-refractivity contribution in [2.75, 3.05) is 0 Å². The zero-order valence-electron chi connectivity index (χ0n) is 12.0. The second kappa shape index (κ2) is 6.70. The van der Waals surface area contributed by atoms with Gasteiger partial charge in [-0.05, 0) is 42.5 Å². The summed E-state index contributed by atoms with van der Waals surface area (Å²) in [5.41, 5.74) is 7.27. The van der Waals surface area contributed by atoms with E-state index in [1.165, 1.54) is 12.1 Å². The molecule has 0 bridgehead atoms. The molecule has 2 aromatic rings. The smallest absolute Gasteiger partial charge is 0.148 e. The van der Waals surface area contributed by atoms with E-state index in [2.05, 4.69) is 0 Å². The Labute approximate surface area is 127 Å². The van der Waals surface area contributed by atoms with Crippen LogP contribution in [0.15, 0.2) is 29.6 Å². The van der Waals surface area contributed by atoms with Gasteiger partial charge in [0.1, 0.15) is 23.7 Å². The van der Waals surface area contributed by atoms with Gasteiger partial charge in [0, 0.05) is 17.0 Å². The maximum Gasteiger partial charge on any atom is 0.148 e. The second-order valence-corrected chi connectivity index (χ2v) is 5.78. The molecule has 1 aromatic carbocycles. The zero-order chi connectivity index (χ0) is 15.4. The first-order valence-corrected chi connectivity index (χ1v) is 7.60. The van der Waals surface area contributed by atoms with Crippen molar-refractivity contribution in [1.29, 1.82) is 5.26 Å². The maximum absolute atomic E-state index is 13.7. The van der Waals surface area contributed by atoms with Crippen LogP contribution < -0.4 is 10.5 Å². The SMILES string of the molecule is CCC(N)C(Oc1ccc(C#N)c(F)c1)c1sccc1C. The lowest BCUT2D eigenvalue weighted by molar-refractivity contribution is 0.173. The van der Waals surface area contributed by atoms with Gasteiger partial charge in [0.15, 0.2) is 0 Å². The summed E-state index contributed by atoms with van der Waals surface area (Å²) in [5, 5.41) is 10.7. The van der Waals surface area contributed by atoms with Crippen molar-refractivity contribution in [2.45, 2.75) is 32.4 Å². The van der Waals surface area contributed by atoms with E-state index >= 15 is 0 Å².